The van der Waals surface area contributed by atoms with E-state index in [1.165, 1.54) is 0 Å². The van der Waals surface area contributed by atoms with Gasteiger partial charge in [0, 0.05) is 22.7 Å². The van der Waals surface area contributed by atoms with E-state index in [4.69, 9.17) is 18.9 Å². The minimum Gasteiger partial charge on any atom is -0.493 e. The smallest absolute Gasteiger partial charge is 0.162 e. The van der Waals surface area contributed by atoms with Crippen molar-refractivity contribution < 1.29 is 24.1 Å². The van der Waals surface area contributed by atoms with E-state index in [1.54, 1.807) is 28.4 Å². The highest BCUT2D eigenvalue weighted by atomic mass is 16.5. The first-order valence-corrected chi connectivity index (χ1v) is 8.46. The fourth-order valence-corrected chi connectivity index (χ4v) is 3.27. The SMILES string of the molecule is COc1ccc(-c2c(CO)c(C)nc3cc(OC)c(OC)cc23)cc1OC. The van der Waals surface area contributed by atoms with E-state index in [1.807, 2.05) is 37.3 Å². The summed E-state index contributed by atoms with van der Waals surface area (Å²) in [7, 11) is 6.38. The van der Waals surface area contributed by atoms with Crippen LogP contribution < -0.4 is 18.9 Å². The lowest BCUT2D eigenvalue weighted by molar-refractivity contribution is 0.281. The van der Waals surface area contributed by atoms with Gasteiger partial charge in [-0.05, 0) is 36.2 Å². The Bertz CT molecular complexity index is 984. The van der Waals surface area contributed by atoms with Crippen molar-refractivity contribution in [1.29, 1.82) is 0 Å². The van der Waals surface area contributed by atoms with Gasteiger partial charge in [-0.15, -0.1) is 0 Å². The summed E-state index contributed by atoms with van der Waals surface area (Å²) in [4.78, 5) is 4.64. The Morgan fingerprint density at radius 3 is 2.00 bits per heavy atom. The zero-order chi connectivity index (χ0) is 19.6. The Hall–Kier alpha value is -2.99. The molecule has 0 aliphatic carbocycles. The number of nitrogens with zero attached hydrogens (tertiary/aromatic N) is 1. The molecule has 0 amide bonds. The molecule has 142 valence electrons. The summed E-state index contributed by atoms with van der Waals surface area (Å²) in [6.07, 6.45) is 0. The molecule has 0 saturated heterocycles. The molecule has 3 aromatic rings. The molecule has 6 heteroatoms. The van der Waals surface area contributed by atoms with Crippen LogP contribution in [-0.2, 0) is 6.61 Å². The van der Waals surface area contributed by atoms with Crippen LogP contribution in [0.3, 0.4) is 0 Å². The van der Waals surface area contributed by atoms with Crippen LogP contribution in [0.4, 0.5) is 0 Å². The highest BCUT2D eigenvalue weighted by Crippen LogP contribution is 2.41. The summed E-state index contributed by atoms with van der Waals surface area (Å²) < 4.78 is 21.6. The number of fused-ring (bicyclic) bond motifs is 1. The second-order valence-electron chi connectivity index (χ2n) is 6.00. The van der Waals surface area contributed by atoms with Gasteiger partial charge < -0.3 is 24.1 Å². The molecular formula is C21H23NO5. The average molecular weight is 369 g/mol. The predicted molar refractivity (Wildman–Crippen MR) is 104 cm³/mol. The van der Waals surface area contributed by atoms with E-state index in [9.17, 15) is 5.11 Å². The van der Waals surface area contributed by atoms with E-state index in [0.29, 0.717) is 23.0 Å². The van der Waals surface area contributed by atoms with Crippen LogP contribution in [0.1, 0.15) is 11.3 Å². The van der Waals surface area contributed by atoms with E-state index in [0.717, 1.165) is 33.3 Å². The maximum Gasteiger partial charge on any atom is 0.162 e. The Kier molecular flexibility index (Phi) is 5.37. The summed E-state index contributed by atoms with van der Waals surface area (Å²) in [5.41, 5.74) is 4.03. The molecule has 2 aromatic carbocycles. The molecule has 3 rings (SSSR count). The Balaban J connectivity index is 2.39. The number of aromatic nitrogens is 1. The van der Waals surface area contributed by atoms with Gasteiger partial charge in [-0.1, -0.05) is 6.07 Å². The Labute approximate surface area is 158 Å². The highest BCUT2D eigenvalue weighted by Gasteiger charge is 2.18. The van der Waals surface area contributed by atoms with Crippen LogP contribution in [0, 0.1) is 6.92 Å². The van der Waals surface area contributed by atoms with Gasteiger partial charge in [-0.25, -0.2) is 0 Å². The minimum absolute atomic E-state index is 0.132. The molecule has 27 heavy (non-hydrogen) atoms. The first kappa shape index (κ1) is 18.8. The third-order valence-corrected chi connectivity index (χ3v) is 4.63. The number of pyridine rings is 1. The van der Waals surface area contributed by atoms with Gasteiger partial charge in [0.25, 0.3) is 0 Å². The molecule has 1 aromatic heterocycles. The van der Waals surface area contributed by atoms with E-state index >= 15 is 0 Å². The van der Waals surface area contributed by atoms with Gasteiger partial charge in [-0.3, -0.25) is 4.98 Å². The van der Waals surface area contributed by atoms with E-state index in [2.05, 4.69) is 4.98 Å². The van der Waals surface area contributed by atoms with Crippen molar-refractivity contribution in [3.05, 3.63) is 41.6 Å². The third kappa shape index (κ3) is 3.24. The number of methoxy groups -OCH3 is 4. The maximum absolute atomic E-state index is 10.0. The second kappa shape index (κ2) is 7.72. The van der Waals surface area contributed by atoms with Crippen molar-refractivity contribution in [3.63, 3.8) is 0 Å². The summed E-state index contributed by atoms with van der Waals surface area (Å²) in [5, 5.41) is 10.9. The van der Waals surface area contributed by atoms with Crippen LogP contribution in [0.15, 0.2) is 30.3 Å². The number of rotatable bonds is 6. The fourth-order valence-electron chi connectivity index (χ4n) is 3.27. The molecule has 0 atom stereocenters. The van der Waals surface area contributed by atoms with Crippen molar-refractivity contribution >= 4 is 10.9 Å². The number of aryl methyl sites for hydroxylation is 1. The molecule has 1 heterocycles. The van der Waals surface area contributed by atoms with Crippen LogP contribution in [0.2, 0.25) is 0 Å². The molecule has 0 aliphatic heterocycles. The van der Waals surface area contributed by atoms with Gasteiger partial charge in [0.2, 0.25) is 0 Å². The molecule has 0 aliphatic rings. The second-order valence-corrected chi connectivity index (χ2v) is 6.00. The highest BCUT2D eigenvalue weighted by molar-refractivity contribution is 5.98. The largest absolute Gasteiger partial charge is 0.493 e. The van der Waals surface area contributed by atoms with Gasteiger partial charge in [0.15, 0.2) is 23.0 Å². The predicted octanol–water partition coefficient (Wildman–Crippen LogP) is 3.74. The number of hydrogen-bond acceptors (Lipinski definition) is 6. The molecule has 0 saturated carbocycles. The normalized spacial score (nSPS) is 10.7. The standard InChI is InChI=1S/C21H23NO5/c1-12-15(11-23)21(13-6-7-17(24-2)18(8-13)25-3)14-9-19(26-4)20(27-5)10-16(14)22-12/h6-10,23H,11H2,1-5H3. The van der Waals surface area contributed by atoms with Gasteiger partial charge in [0.1, 0.15) is 0 Å². The van der Waals surface area contributed by atoms with Crippen LogP contribution in [0.5, 0.6) is 23.0 Å². The molecule has 0 unspecified atom stereocenters. The third-order valence-electron chi connectivity index (χ3n) is 4.63. The number of benzene rings is 2. The molecule has 0 fully saturated rings. The van der Waals surface area contributed by atoms with Gasteiger partial charge in [0.05, 0.1) is 40.6 Å². The van der Waals surface area contributed by atoms with Crippen molar-refractivity contribution in [2.75, 3.05) is 28.4 Å². The van der Waals surface area contributed by atoms with Gasteiger partial charge in [-0.2, -0.15) is 0 Å². The number of hydrogen-bond donors (Lipinski definition) is 1. The van der Waals surface area contributed by atoms with Gasteiger partial charge >= 0.3 is 0 Å². The summed E-state index contributed by atoms with van der Waals surface area (Å²) >= 11 is 0. The zero-order valence-corrected chi connectivity index (χ0v) is 16.1. The van der Waals surface area contributed by atoms with E-state index < -0.39 is 0 Å². The molecule has 6 nitrogen and oxygen atoms in total. The monoisotopic (exact) mass is 369 g/mol. The number of aliphatic hydroxyl groups is 1. The lowest BCUT2D eigenvalue weighted by Gasteiger charge is -2.17. The maximum atomic E-state index is 10.0. The lowest BCUT2D eigenvalue weighted by Crippen LogP contribution is -2.01. The molecule has 0 bridgehead atoms. The number of ether oxygens (including phenoxy) is 4. The molecule has 0 radical (unpaired) electrons. The fraction of sp³-hybridized carbons (Fsp3) is 0.286. The van der Waals surface area contributed by atoms with Crippen LogP contribution >= 0.6 is 0 Å². The number of aliphatic hydroxyl groups excluding tert-OH is 1. The first-order chi connectivity index (χ1) is 13.1. The Morgan fingerprint density at radius 1 is 0.815 bits per heavy atom. The van der Waals surface area contributed by atoms with Crippen molar-refractivity contribution in [2.24, 2.45) is 0 Å². The van der Waals surface area contributed by atoms with Crippen molar-refractivity contribution in [1.82, 2.24) is 4.98 Å². The Morgan fingerprint density at radius 2 is 1.41 bits per heavy atom. The first-order valence-electron chi connectivity index (χ1n) is 8.46. The quantitative estimate of drug-likeness (QED) is 0.714. The topological polar surface area (TPSA) is 70.0 Å². The summed E-state index contributed by atoms with van der Waals surface area (Å²) in [5.74, 6) is 2.45. The van der Waals surface area contributed by atoms with Crippen LogP contribution in [0.25, 0.3) is 22.0 Å². The molecular weight excluding hydrogens is 346 g/mol. The lowest BCUT2D eigenvalue weighted by atomic mass is 9.94. The molecule has 1 N–H and O–H groups in total. The summed E-state index contributed by atoms with van der Waals surface area (Å²) in [6.45, 7) is 1.75. The van der Waals surface area contributed by atoms with Crippen LogP contribution in [-0.4, -0.2) is 38.5 Å². The zero-order valence-electron chi connectivity index (χ0n) is 16.1. The van der Waals surface area contributed by atoms with E-state index in [-0.39, 0.29) is 6.61 Å². The average Bonchev–Trinajstić information content (AvgIpc) is 2.71. The summed E-state index contributed by atoms with van der Waals surface area (Å²) in [6, 6.07) is 9.39. The van der Waals surface area contributed by atoms with Crippen molar-refractivity contribution in [2.45, 2.75) is 13.5 Å². The molecule has 0 spiro atoms. The van der Waals surface area contributed by atoms with Crippen molar-refractivity contribution in [3.8, 4) is 34.1 Å². The minimum atomic E-state index is -0.132.